The van der Waals surface area contributed by atoms with Crippen LogP contribution in [0, 0.1) is 0 Å². The van der Waals surface area contributed by atoms with Crippen LogP contribution in [0.15, 0.2) is 54.6 Å². The average Bonchev–Trinajstić information content (AvgIpc) is 2.82. The van der Waals surface area contributed by atoms with Gasteiger partial charge in [-0.2, -0.15) is 30.3 Å². The molecule has 78 valence electrons. The van der Waals surface area contributed by atoms with Crippen molar-refractivity contribution in [2.75, 3.05) is 0 Å². The van der Waals surface area contributed by atoms with Crippen LogP contribution in [0.25, 0.3) is 0 Å². The molecule has 2 aromatic carbocycles. The molecular formula is C12H15FeN-2. The first kappa shape index (κ1) is 13.2. The number of rotatable bonds is 1. The van der Waals surface area contributed by atoms with Crippen molar-refractivity contribution in [1.82, 2.24) is 0 Å². The molecule has 0 aliphatic heterocycles. The fourth-order valence-electron chi connectivity index (χ4n) is 1.01. The van der Waals surface area contributed by atoms with Crippen molar-refractivity contribution >= 4 is 0 Å². The Hall–Kier alpha value is -0.821. The third-order valence-corrected chi connectivity index (χ3v) is 1.77. The molecule has 0 fully saturated rings. The average molecular weight is 229 g/mol. The van der Waals surface area contributed by atoms with Gasteiger partial charge in [-0.15, -0.1) is 5.56 Å². The fourth-order valence-corrected chi connectivity index (χ4v) is 1.01. The van der Waals surface area contributed by atoms with Gasteiger partial charge in [0.1, 0.15) is 0 Å². The molecule has 0 spiro atoms. The van der Waals surface area contributed by atoms with E-state index in [1.807, 2.05) is 61.5 Å². The van der Waals surface area contributed by atoms with Crippen LogP contribution in [-0.4, -0.2) is 0 Å². The van der Waals surface area contributed by atoms with Gasteiger partial charge in [-0.05, 0) is 6.04 Å². The molecule has 2 heteroatoms. The summed E-state index contributed by atoms with van der Waals surface area (Å²) in [5.41, 5.74) is 6.77. The Morgan fingerprint density at radius 1 is 1.07 bits per heavy atom. The van der Waals surface area contributed by atoms with Crippen LogP contribution < -0.4 is 5.73 Å². The summed E-state index contributed by atoms with van der Waals surface area (Å²) in [5, 5.41) is 0. The smallest absolute Gasteiger partial charge is 0 e. The molecule has 0 aromatic heterocycles. The second kappa shape index (κ2) is 7.57. The Morgan fingerprint density at radius 3 is 1.79 bits per heavy atom. The van der Waals surface area contributed by atoms with E-state index in [-0.39, 0.29) is 23.1 Å². The second-order valence-corrected chi connectivity index (χ2v) is 2.97. The molecule has 14 heavy (non-hydrogen) atoms. The molecule has 0 heterocycles. The summed E-state index contributed by atoms with van der Waals surface area (Å²) in [6.07, 6.45) is 0. The third-order valence-electron chi connectivity index (χ3n) is 1.77. The number of nitrogens with two attached hydrogens (primary N) is 1. The zero-order valence-electron chi connectivity index (χ0n) is 8.20. The third kappa shape index (κ3) is 5.03. The maximum absolute atomic E-state index is 5.56. The zero-order chi connectivity index (χ0) is 9.52. The molecule has 1 atom stereocenters. The van der Waals surface area contributed by atoms with Crippen LogP contribution >= 0.6 is 0 Å². The van der Waals surface area contributed by atoms with Crippen molar-refractivity contribution < 1.29 is 17.1 Å². The molecule has 0 radical (unpaired) electrons. The van der Waals surface area contributed by atoms with Gasteiger partial charge < -0.3 is 5.73 Å². The van der Waals surface area contributed by atoms with Gasteiger partial charge in [-0.25, -0.2) is 24.3 Å². The molecule has 0 aliphatic carbocycles. The maximum atomic E-state index is 5.56. The Bertz CT molecular complexity index is 265. The summed E-state index contributed by atoms with van der Waals surface area (Å²) in [4.78, 5) is 0. The molecule has 2 rings (SSSR count). The molecule has 0 amide bonds. The van der Waals surface area contributed by atoms with Crippen LogP contribution in [0.1, 0.15) is 18.5 Å². The zero-order valence-corrected chi connectivity index (χ0v) is 9.31. The normalized spacial score (nSPS) is 10.7. The SMILES string of the molecule is CC(N)[c-]1cccc1.[Fe].c1cc[cH-]c1. The monoisotopic (exact) mass is 229 g/mol. The Labute approximate surface area is 96.1 Å². The number of hydrogen-bond acceptors (Lipinski definition) is 1. The summed E-state index contributed by atoms with van der Waals surface area (Å²) in [6.45, 7) is 1.98. The minimum Gasteiger partial charge on any atom is -0.335 e. The van der Waals surface area contributed by atoms with Crippen molar-refractivity contribution in [3.63, 3.8) is 0 Å². The first-order valence-corrected chi connectivity index (χ1v) is 4.44. The molecule has 1 unspecified atom stereocenters. The molecule has 0 bridgehead atoms. The van der Waals surface area contributed by atoms with Crippen LogP contribution in [-0.2, 0) is 17.1 Å². The van der Waals surface area contributed by atoms with Crippen LogP contribution in [0.2, 0.25) is 0 Å². The predicted octanol–water partition coefficient (Wildman–Crippen LogP) is 2.83. The molecule has 2 N–H and O–H groups in total. The van der Waals surface area contributed by atoms with E-state index >= 15 is 0 Å². The van der Waals surface area contributed by atoms with Crippen molar-refractivity contribution in [1.29, 1.82) is 0 Å². The van der Waals surface area contributed by atoms with E-state index in [1.165, 1.54) is 5.56 Å². The first-order valence-electron chi connectivity index (χ1n) is 4.44. The van der Waals surface area contributed by atoms with Crippen molar-refractivity contribution in [2.24, 2.45) is 5.73 Å². The van der Waals surface area contributed by atoms with Crippen LogP contribution in [0.5, 0.6) is 0 Å². The first-order chi connectivity index (χ1) is 6.30. The van der Waals surface area contributed by atoms with Gasteiger partial charge in [0.25, 0.3) is 0 Å². The van der Waals surface area contributed by atoms with Gasteiger partial charge in [-0.1, -0.05) is 6.92 Å². The van der Waals surface area contributed by atoms with E-state index in [0.717, 1.165) is 0 Å². The summed E-state index contributed by atoms with van der Waals surface area (Å²) < 4.78 is 0. The predicted molar refractivity (Wildman–Crippen MR) is 56.7 cm³/mol. The van der Waals surface area contributed by atoms with E-state index in [4.69, 9.17) is 5.73 Å². The molecular weight excluding hydrogens is 214 g/mol. The maximum Gasteiger partial charge on any atom is 0 e. The number of hydrogen-bond donors (Lipinski definition) is 1. The molecule has 0 aliphatic rings. The Balaban J connectivity index is 0.000000246. The van der Waals surface area contributed by atoms with E-state index < -0.39 is 0 Å². The molecule has 0 saturated heterocycles. The fraction of sp³-hybridized carbons (Fsp3) is 0.167. The van der Waals surface area contributed by atoms with E-state index in [0.29, 0.717) is 0 Å². The van der Waals surface area contributed by atoms with Gasteiger partial charge in [-0.3, -0.25) is 0 Å². The van der Waals surface area contributed by atoms with Crippen molar-refractivity contribution in [3.05, 3.63) is 60.2 Å². The van der Waals surface area contributed by atoms with E-state index in [1.54, 1.807) is 0 Å². The van der Waals surface area contributed by atoms with Crippen LogP contribution in [0.4, 0.5) is 0 Å². The van der Waals surface area contributed by atoms with Crippen LogP contribution in [0.3, 0.4) is 0 Å². The Kier molecular flexibility index (Phi) is 7.13. The summed E-state index contributed by atoms with van der Waals surface area (Å²) in [5.74, 6) is 0. The molecule has 1 nitrogen and oxygen atoms in total. The van der Waals surface area contributed by atoms with Crippen molar-refractivity contribution in [3.8, 4) is 0 Å². The van der Waals surface area contributed by atoms with Gasteiger partial charge in [0, 0.05) is 17.1 Å². The van der Waals surface area contributed by atoms with E-state index in [2.05, 4.69) is 0 Å². The molecule has 2 aromatic rings. The largest absolute Gasteiger partial charge is 0.335 e. The van der Waals surface area contributed by atoms with Gasteiger partial charge in [0.2, 0.25) is 0 Å². The molecule has 0 saturated carbocycles. The van der Waals surface area contributed by atoms with Gasteiger partial charge in [0.05, 0.1) is 0 Å². The Morgan fingerprint density at radius 2 is 1.57 bits per heavy atom. The second-order valence-electron chi connectivity index (χ2n) is 2.97. The summed E-state index contributed by atoms with van der Waals surface area (Å²) in [6, 6.07) is 18.2. The van der Waals surface area contributed by atoms with Crippen molar-refractivity contribution in [2.45, 2.75) is 13.0 Å². The minimum atomic E-state index is 0. The van der Waals surface area contributed by atoms with Gasteiger partial charge in [0.15, 0.2) is 0 Å². The van der Waals surface area contributed by atoms with E-state index in [9.17, 15) is 0 Å². The summed E-state index contributed by atoms with van der Waals surface area (Å²) in [7, 11) is 0. The quantitative estimate of drug-likeness (QED) is 0.590. The summed E-state index contributed by atoms with van der Waals surface area (Å²) >= 11 is 0. The topological polar surface area (TPSA) is 26.0 Å². The standard InChI is InChI=1S/C7H10N.C5H5.Fe/c1-6(8)7-4-2-3-5-7;1-2-4-5-3-1;/h2-6H,8H2,1H3;1-5H;/q2*-1;. The van der Waals surface area contributed by atoms with Gasteiger partial charge >= 0.3 is 0 Å². The minimum absolute atomic E-state index is 0.